The summed E-state index contributed by atoms with van der Waals surface area (Å²) in [6.07, 6.45) is 1.65. The van der Waals surface area contributed by atoms with Crippen LogP contribution in [0.15, 0.2) is 16.6 Å². The van der Waals surface area contributed by atoms with Crippen LogP contribution in [0, 0.1) is 11.6 Å². The summed E-state index contributed by atoms with van der Waals surface area (Å²) in [5.74, 6) is -1.72. The van der Waals surface area contributed by atoms with Gasteiger partial charge in [0.15, 0.2) is 11.6 Å². The molecular weight excluding hydrogens is 254 g/mol. The van der Waals surface area contributed by atoms with E-state index >= 15 is 0 Å². The summed E-state index contributed by atoms with van der Waals surface area (Å²) in [7, 11) is 0. The van der Waals surface area contributed by atoms with Gasteiger partial charge in [0, 0.05) is 9.89 Å². The predicted molar refractivity (Wildman–Crippen MR) is 52.1 cm³/mol. The Bertz CT molecular complexity index is 375. The van der Waals surface area contributed by atoms with Crippen molar-refractivity contribution in [1.29, 1.82) is 0 Å². The molecule has 76 valence electrons. The highest BCUT2D eigenvalue weighted by Crippen LogP contribution is 2.50. The molecule has 1 aliphatic rings. The number of rotatable bonds is 2. The third kappa shape index (κ3) is 1.46. The van der Waals surface area contributed by atoms with Crippen molar-refractivity contribution < 1.29 is 13.9 Å². The zero-order valence-corrected chi connectivity index (χ0v) is 8.94. The second-order valence-electron chi connectivity index (χ2n) is 3.68. The van der Waals surface area contributed by atoms with Crippen molar-refractivity contribution in [3.05, 3.63) is 33.8 Å². The van der Waals surface area contributed by atoms with E-state index in [4.69, 9.17) is 5.11 Å². The lowest BCUT2D eigenvalue weighted by Gasteiger charge is -2.14. The molecule has 0 atom stereocenters. The van der Waals surface area contributed by atoms with E-state index < -0.39 is 11.6 Å². The van der Waals surface area contributed by atoms with Crippen molar-refractivity contribution in [3.63, 3.8) is 0 Å². The van der Waals surface area contributed by atoms with E-state index in [-0.39, 0.29) is 12.0 Å². The molecule has 1 fully saturated rings. The van der Waals surface area contributed by atoms with Gasteiger partial charge >= 0.3 is 0 Å². The average Bonchev–Trinajstić information content (AvgIpc) is 2.92. The minimum Gasteiger partial charge on any atom is -0.395 e. The summed E-state index contributed by atoms with van der Waals surface area (Å²) in [4.78, 5) is 0. The first-order valence-corrected chi connectivity index (χ1v) is 5.14. The lowest BCUT2D eigenvalue weighted by atomic mass is 9.97. The maximum atomic E-state index is 13.0. The van der Waals surface area contributed by atoms with Crippen LogP contribution in [0.2, 0.25) is 0 Å². The van der Waals surface area contributed by atoms with Gasteiger partial charge in [0.1, 0.15) is 0 Å². The highest BCUT2D eigenvalue weighted by molar-refractivity contribution is 9.10. The molecule has 1 saturated carbocycles. The highest BCUT2D eigenvalue weighted by Gasteiger charge is 2.45. The summed E-state index contributed by atoms with van der Waals surface area (Å²) in [5, 5.41) is 9.16. The van der Waals surface area contributed by atoms with Crippen molar-refractivity contribution in [1.82, 2.24) is 0 Å². The van der Waals surface area contributed by atoms with E-state index in [0.29, 0.717) is 10.0 Å². The third-order valence-corrected chi connectivity index (χ3v) is 3.39. The van der Waals surface area contributed by atoms with E-state index in [0.717, 1.165) is 18.9 Å². The SMILES string of the molecule is OCC1(c2cc(F)c(F)cc2Br)CC1. The summed E-state index contributed by atoms with van der Waals surface area (Å²) in [6.45, 7) is -0.0172. The first-order chi connectivity index (χ1) is 6.59. The largest absolute Gasteiger partial charge is 0.395 e. The van der Waals surface area contributed by atoms with Gasteiger partial charge in [-0.25, -0.2) is 8.78 Å². The Hall–Kier alpha value is -0.480. The first-order valence-electron chi connectivity index (χ1n) is 4.35. The third-order valence-electron chi connectivity index (χ3n) is 2.74. The summed E-state index contributed by atoms with van der Waals surface area (Å²) in [6, 6.07) is 2.28. The van der Waals surface area contributed by atoms with Crippen molar-refractivity contribution in [2.45, 2.75) is 18.3 Å². The molecule has 0 saturated heterocycles. The Morgan fingerprint density at radius 2 is 1.86 bits per heavy atom. The van der Waals surface area contributed by atoms with Gasteiger partial charge in [-0.2, -0.15) is 0 Å². The topological polar surface area (TPSA) is 20.2 Å². The molecule has 1 nitrogen and oxygen atoms in total. The number of hydrogen-bond donors (Lipinski definition) is 1. The number of aliphatic hydroxyl groups excluding tert-OH is 1. The predicted octanol–water partition coefficient (Wildman–Crippen LogP) is 2.75. The maximum Gasteiger partial charge on any atom is 0.159 e. The summed E-state index contributed by atoms with van der Waals surface area (Å²) >= 11 is 3.18. The van der Waals surface area contributed by atoms with E-state index in [1.165, 1.54) is 6.07 Å². The van der Waals surface area contributed by atoms with E-state index in [9.17, 15) is 8.78 Å². The number of benzene rings is 1. The Kier molecular flexibility index (Phi) is 2.35. The molecule has 2 rings (SSSR count). The molecule has 0 aliphatic heterocycles. The fourth-order valence-electron chi connectivity index (χ4n) is 1.59. The van der Waals surface area contributed by atoms with Crippen LogP contribution in [-0.4, -0.2) is 11.7 Å². The van der Waals surface area contributed by atoms with Gasteiger partial charge < -0.3 is 5.11 Å². The monoisotopic (exact) mass is 262 g/mol. The zero-order valence-electron chi connectivity index (χ0n) is 7.36. The van der Waals surface area contributed by atoms with Gasteiger partial charge in [-0.15, -0.1) is 0 Å². The molecule has 0 spiro atoms. The minimum atomic E-state index is -0.866. The fraction of sp³-hybridized carbons (Fsp3) is 0.400. The van der Waals surface area contributed by atoms with Gasteiger partial charge in [0.25, 0.3) is 0 Å². The highest BCUT2D eigenvalue weighted by atomic mass is 79.9. The van der Waals surface area contributed by atoms with E-state index in [2.05, 4.69) is 15.9 Å². The average molecular weight is 263 g/mol. The normalized spacial score (nSPS) is 18.3. The van der Waals surface area contributed by atoms with Crippen LogP contribution in [-0.2, 0) is 5.41 Å². The Morgan fingerprint density at radius 3 is 2.36 bits per heavy atom. The molecule has 0 radical (unpaired) electrons. The lowest BCUT2D eigenvalue weighted by Crippen LogP contribution is -2.13. The van der Waals surface area contributed by atoms with Crippen LogP contribution < -0.4 is 0 Å². The molecule has 0 amide bonds. The molecule has 0 bridgehead atoms. The number of aliphatic hydroxyl groups is 1. The standard InChI is InChI=1S/C10H9BrF2O/c11-7-4-9(13)8(12)3-6(7)10(5-14)1-2-10/h3-4,14H,1-2,5H2. The van der Waals surface area contributed by atoms with Crippen LogP contribution in [0.25, 0.3) is 0 Å². The quantitative estimate of drug-likeness (QED) is 0.813. The molecular formula is C10H9BrF2O. The first kappa shape index (κ1) is 10.1. The number of halogens is 3. The van der Waals surface area contributed by atoms with Gasteiger partial charge in [-0.05, 0) is 30.5 Å². The molecule has 1 aromatic rings. The Labute approximate surface area is 88.9 Å². The van der Waals surface area contributed by atoms with E-state index in [1.807, 2.05) is 0 Å². The maximum absolute atomic E-state index is 13.0. The van der Waals surface area contributed by atoms with E-state index in [1.54, 1.807) is 0 Å². The molecule has 0 unspecified atom stereocenters. The molecule has 0 aromatic heterocycles. The lowest BCUT2D eigenvalue weighted by molar-refractivity contribution is 0.254. The Morgan fingerprint density at radius 1 is 1.29 bits per heavy atom. The van der Waals surface area contributed by atoms with Crippen molar-refractivity contribution in [3.8, 4) is 0 Å². The van der Waals surface area contributed by atoms with Crippen molar-refractivity contribution in [2.75, 3.05) is 6.61 Å². The van der Waals surface area contributed by atoms with Crippen molar-refractivity contribution in [2.24, 2.45) is 0 Å². The molecule has 14 heavy (non-hydrogen) atoms. The fourth-order valence-corrected chi connectivity index (χ4v) is 2.33. The molecule has 1 aromatic carbocycles. The van der Waals surface area contributed by atoms with Gasteiger partial charge in [0.2, 0.25) is 0 Å². The van der Waals surface area contributed by atoms with Crippen LogP contribution >= 0.6 is 15.9 Å². The van der Waals surface area contributed by atoms with Crippen LogP contribution in [0.4, 0.5) is 8.78 Å². The van der Waals surface area contributed by atoms with Gasteiger partial charge in [0.05, 0.1) is 6.61 Å². The zero-order chi connectivity index (χ0) is 10.3. The van der Waals surface area contributed by atoms with Crippen molar-refractivity contribution >= 4 is 15.9 Å². The second-order valence-corrected chi connectivity index (χ2v) is 4.54. The summed E-state index contributed by atoms with van der Waals surface area (Å²) in [5.41, 5.74) is 0.326. The van der Waals surface area contributed by atoms with Gasteiger partial charge in [-0.1, -0.05) is 15.9 Å². The molecule has 0 heterocycles. The second kappa shape index (κ2) is 3.28. The van der Waals surface area contributed by atoms with Gasteiger partial charge in [-0.3, -0.25) is 0 Å². The number of hydrogen-bond acceptors (Lipinski definition) is 1. The minimum absolute atomic E-state index is 0.0172. The molecule has 1 aliphatic carbocycles. The van der Waals surface area contributed by atoms with Crippen LogP contribution in [0.3, 0.4) is 0 Å². The molecule has 1 N–H and O–H groups in total. The van der Waals surface area contributed by atoms with Crippen LogP contribution in [0.1, 0.15) is 18.4 Å². The summed E-state index contributed by atoms with van der Waals surface area (Å²) < 4.78 is 26.3. The Balaban J connectivity index is 2.49. The smallest absolute Gasteiger partial charge is 0.159 e. The molecule has 4 heteroatoms. The van der Waals surface area contributed by atoms with Crippen LogP contribution in [0.5, 0.6) is 0 Å².